The second-order valence-corrected chi connectivity index (χ2v) is 5.16. The van der Waals surface area contributed by atoms with Crippen LogP contribution in [0.1, 0.15) is 19.4 Å². The Kier molecular flexibility index (Phi) is 4.60. The topological polar surface area (TPSA) is 3.24 Å². The van der Waals surface area contributed by atoms with Crippen LogP contribution in [-0.2, 0) is 6.54 Å². The minimum Gasteiger partial charge on any atom is -0.296 e. The average molecular weight is 264 g/mol. The van der Waals surface area contributed by atoms with Crippen molar-refractivity contribution in [1.29, 1.82) is 0 Å². The van der Waals surface area contributed by atoms with Gasteiger partial charge in [-0.3, -0.25) is 4.90 Å². The van der Waals surface area contributed by atoms with Crippen LogP contribution in [0.2, 0.25) is 5.02 Å². The molecule has 0 spiro atoms. The van der Waals surface area contributed by atoms with E-state index >= 15 is 0 Å². The molecule has 0 fully saturated rings. The molecule has 1 aromatic rings. The van der Waals surface area contributed by atoms with Crippen molar-refractivity contribution in [2.45, 2.75) is 25.9 Å². The quantitative estimate of drug-likeness (QED) is 0.745. The molecule has 90 valence electrons. The lowest BCUT2D eigenvalue weighted by atomic mass is 10.1. The lowest BCUT2D eigenvalue weighted by molar-refractivity contribution is 0.170. The maximum Gasteiger partial charge on any atom is 0.142 e. The van der Waals surface area contributed by atoms with Gasteiger partial charge in [0, 0.05) is 18.0 Å². The van der Waals surface area contributed by atoms with Crippen LogP contribution in [0.3, 0.4) is 0 Å². The molecule has 0 N–H and O–H groups in total. The van der Waals surface area contributed by atoms with Crippen molar-refractivity contribution in [2.75, 3.05) is 12.9 Å². The van der Waals surface area contributed by atoms with E-state index in [9.17, 15) is 4.39 Å². The van der Waals surface area contributed by atoms with E-state index < -0.39 is 0 Å². The summed E-state index contributed by atoms with van der Waals surface area (Å²) in [7, 11) is 1.95. The zero-order valence-electron chi connectivity index (χ0n) is 9.73. The van der Waals surface area contributed by atoms with E-state index in [1.807, 2.05) is 27.0 Å². The van der Waals surface area contributed by atoms with E-state index in [1.165, 1.54) is 6.07 Å². The van der Waals surface area contributed by atoms with Gasteiger partial charge in [0.25, 0.3) is 0 Å². The summed E-state index contributed by atoms with van der Waals surface area (Å²) in [5.41, 5.74) is 0.638. The number of rotatable bonds is 4. The number of hydrogen-bond acceptors (Lipinski definition) is 1. The van der Waals surface area contributed by atoms with Gasteiger partial charge in [-0.05, 0) is 32.5 Å². The van der Waals surface area contributed by atoms with Gasteiger partial charge in [0.15, 0.2) is 0 Å². The van der Waals surface area contributed by atoms with Crippen molar-refractivity contribution >= 4 is 23.2 Å². The van der Waals surface area contributed by atoms with Crippen LogP contribution in [-0.4, -0.2) is 23.4 Å². The molecule has 1 aromatic carbocycles. The standard InChI is InChI=1S/C12H16Cl2FN/c1-12(2,8-13)16(3)7-9-5-4-6-10(15)11(9)14/h4-6H,7-8H2,1-3H3. The fourth-order valence-corrected chi connectivity index (χ4v) is 1.63. The smallest absolute Gasteiger partial charge is 0.142 e. The van der Waals surface area contributed by atoms with Crippen molar-refractivity contribution < 1.29 is 4.39 Å². The SMILES string of the molecule is CN(Cc1cccc(F)c1Cl)C(C)(C)CCl. The summed E-state index contributed by atoms with van der Waals surface area (Å²) in [6.07, 6.45) is 0. The van der Waals surface area contributed by atoms with E-state index in [0.717, 1.165) is 5.56 Å². The molecule has 0 radical (unpaired) electrons. The Balaban J connectivity index is 2.85. The number of benzene rings is 1. The first-order chi connectivity index (χ1) is 7.38. The molecule has 0 aliphatic carbocycles. The van der Waals surface area contributed by atoms with Gasteiger partial charge in [0.2, 0.25) is 0 Å². The fourth-order valence-electron chi connectivity index (χ4n) is 1.24. The summed E-state index contributed by atoms with van der Waals surface area (Å²) < 4.78 is 13.2. The molecule has 0 bridgehead atoms. The van der Waals surface area contributed by atoms with Crippen molar-refractivity contribution in [3.8, 4) is 0 Å². The molecule has 0 heterocycles. The Bertz CT molecular complexity index is 366. The molecular weight excluding hydrogens is 248 g/mol. The summed E-state index contributed by atoms with van der Waals surface area (Å²) in [5, 5.41) is 0.194. The maximum atomic E-state index is 13.2. The second kappa shape index (κ2) is 5.35. The summed E-state index contributed by atoms with van der Waals surface area (Å²) in [4.78, 5) is 2.06. The summed E-state index contributed by atoms with van der Waals surface area (Å²) in [6.45, 7) is 4.65. The van der Waals surface area contributed by atoms with E-state index in [-0.39, 0.29) is 16.4 Å². The Hall–Kier alpha value is -0.310. The Morgan fingerprint density at radius 1 is 1.38 bits per heavy atom. The summed E-state index contributed by atoms with van der Waals surface area (Å²) in [5.74, 6) is 0.132. The molecule has 4 heteroatoms. The first kappa shape index (κ1) is 13.8. The van der Waals surface area contributed by atoms with Crippen LogP contribution in [0, 0.1) is 5.82 Å². The number of hydrogen-bond donors (Lipinski definition) is 0. The van der Waals surface area contributed by atoms with E-state index in [1.54, 1.807) is 6.07 Å². The van der Waals surface area contributed by atoms with Crippen LogP contribution in [0.25, 0.3) is 0 Å². The van der Waals surface area contributed by atoms with Crippen molar-refractivity contribution in [2.24, 2.45) is 0 Å². The minimum atomic E-state index is -0.378. The molecule has 1 rings (SSSR count). The third-order valence-electron chi connectivity index (χ3n) is 2.80. The summed E-state index contributed by atoms with van der Waals surface area (Å²) >= 11 is 11.8. The van der Waals surface area contributed by atoms with E-state index in [2.05, 4.69) is 4.90 Å². The molecule has 0 aromatic heterocycles. The molecule has 16 heavy (non-hydrogen) atoms. The predicted octanol–water partition coefficient (Wildman–Crippen LogP) is 3.93. The van der Waals surface area contributed by atoms with E-state index in [4.69, 9.17) is 23.2 Å². The molecule has 0 atom stereocenters. The van der Waals surface area contributed by atoms with Gasteiger partial charge in [0.1, 0.15) is 5.82 Å². The Morgan fingerprint density at radius 3 is 2.56 bits per heavy atom. The maximum absolute atomic E-state index is 13.2. The van der Waals surface area contributed by atoms with Crippen LogP contribution in [0.4, 0.5) is 4.39 Å². The zero-order valence-corrected chi connectivity index (χ0v) is 11.2. The van der Waals surface area contributed by atoms with Crippen molar-refractivity contribution in [3.63, 3.8) is 0 Å². The van der Waals surface area contributed by atoms with Crippen LogP contribution < -0.4 is 0 Å². The summed E-state index contributed by atoms with van der Waals surface area (Å²) in [6, 6.07) is 4.85. The molecule has 0 amide bonds. The van der Waals surface area contributed by atoms with Crippen LogP contribution in [0.15, 0.2) is 18.2 Å². The first-order valence-corrected chi connectivity index (χ1v) is 6.00. The molecule has 0 aliphatic heterocycles. The monoisotopic (exact) mass is 263 g/mol. The van der Waals surface area contributed by atoms with E-state index in [0.29, 0.717) is 12.4 Å². The normalized spacial score (nSPS) is 12.2. The third-order valence-corrected chi connectivity index (χ3v) is 3.88. The highest BCUT2D eigenvalue weighted by molar-refractivity contribution is 6.31. The predicted molar refractivity (Wildman–Crippen MR) is 67.7 cm³/mol. The number of nitrogens with zero attached hydrogens (tertiary/aromatic N) is 1. The molecule has 0 aliphatic rings. The molecule has 0 saturated heterocycles. The molecular formula is C12H16Cl2FN. The van der Waals surface area contributed by atoms with Gasteiger partial charge >= 0.3 is 0 Å². The van der Waals surface area contributed by atoms with Crippen molar-refractivity contribution in [1.82, 2.24) is 4.90 Å². The highest BCUT2D eigenvalue weighted by atomic mass is 35.5. The molecule has 0 saturated carbocycles. The van der Waals surface area contributed by atoms with Gasteiger partial charge in [0.05, 0.1) is 5.02 Å². The number of alkyl halides is 1. The average Bonchev–Trinajstić information content (AvgIpc) is 2.24. The van der Waals surface area contributed by atoms with Gasteiger partial charge in [-0.2, -0.15) is 0 Å². The highest BCUT2D eigenvalue weighted by Crippen LogP contribution is 2.24. The van der Waals surface area contributed by atoms with Gasteiger partial charge < -0.3 is 0 Å². The van der Waals surface area contributed by atoms with Gasteiger partial charge in [-0.25, -0.2) is 4.39 Å². The lowest BCUT2D eigenvalue weighted by Crippen LogP contribution is -2.42. The van der Waals surface area contributed by atoms with Gasteiger partial charge in [-0.1, -0.05) is 23.7 Å². The fraction of sp³-hybridized carbons (Fsp3) is 0.500. The van der Waals surface area contributed by atoms with Crippen molar-refractivity contribution in [3.05, 3.63) is 34.6 Å². The highest BCUT2D eigenvalue weighted by Gasteiger charge is 2.23. The molecule has 0 unspecified atom stereocenters. The first-order valence-electron chi connectivity index (χ1n) is 5.08. The second-order valence-electron chi connectivity index (χ2n) is 4.52. The van der Waals surface area contributed by atoms with Gasteiger partial charge in [-0.15, -0.1) is 11.6 Å². The molecule has 1 nitrogen and oxygen atoms in total. The third kappa shape index (κ3) is 3.09. The lowest BCUT2D eigenvalue weighted by Gasteiger charge is -2.34. The zero-order chi connectivity index (χ0) is 12.3. The van der Waals surface area contributed by atoms with Crippen LogP contribution in [0.5, 0.6) is 0 Å². The largest absolute Gasteiger partial charge is 0.296 e. The van der Waals surface area contributed by atoms with Crippen LogP contribution >= 0.6 is 23.2 Å². The number of halogens is 3. The Morgan fingerprint density at radius 2 is 2.00 bits per heavy atom. The Labute approximate surface area is 106 Å². The minimum absolute atomic E-state index is 0.142.